The van der Waals surface area contributed by atoms with Crippen LogP contribution in [-0.2, 0) is 17.6 Å². The Labute approximate surface area is 251 Å². The molecule has 1 aromatic heterocycles. The minimum atomic E-state index is -0.437. The van der Waals surface area contributed by atoms with Crippen molar-refractivity contribution in [3.05, 3.63) is 107 Å². The lowest BCUT2D eigenvalue weighted by Crippen LogP contribution is -2.44. The number of aromatic nitrogens is 2. The Balaban J connectivity index is 1.24. The maximum Gasteiger partial charge on any atom is 0.359 e. The van der Waals surface area contributed by atoms with Gasteiger partial charge in [0.1, 0.15) is 23.3 Å². The van der Waals surface area contributed by atoms with Gasteiger partial charge in [0.05, 0.1) is 11.6 Å². The standard InChI is InChI=1S/C34H35ClN4O3/c1-24(40)36-18-10-2-3-11-19-42-32-17-16-26(20-28(32)35)22-30-34(41)39-23-31(27-14-8-5-9-15-27)37-29(33(39)38-30)21-25-12-6-4-7-13-25/h4-9,12-17,20,23,30H,2-3,10-11,18-19,21-22H2,1H3,(H,36,40)/p+1. The van der Waals surface area contributed by atoms with Gasteiger partial charge >= 0.3 is 11.7 Å². The van der Waals surface area contributed by atoms with Gasteiger partial charge in [-0.2, -0.15) is 4.57 Å². The Morgan fingerprint density at radius 3 is 2.45 bits per heavy atom. The highest BCUT2D eigenvalue weighted by Gasteiger charge is 2.41. The van der Waals surface area contributed by atoms with Crippen molar-refractivity contribution in [3.63, 3.8) is 0 Å². The fourth-order valence-electron chi connectivity index (χ4n) is 5.12. The highest BCUT2D eigenvalue weighted by atomic mass is 35.5. The highest BCUT2D eigenvalue weighted by molar-refractivity contribution is 6.32. The van der Waals surface area contributed by atoms with E-state index in [-0.39, 0.29) is 11.8 Å². The van der Waals surface area contributed by atoms with Crippen LogP contribution >= 0.6 is 11.6 Å². The molecule has 0 fully saturated rings. The zero-order chi connectivity index (χ0) is 29.3. The molecule has 42 heavy (non-hydrogen) atoms. The number of unbranched alkanes of at least 4 members (excludes halogenated alkanes) is 3. The van der Waals surface area contributed by atoms with Gasteiger partial charge in [-0.3, -0.25) is 10.1 Å². The zero-order valence-electron chi connectivity index (χ0n) is 23.8. The fraction of sp³-hybridized carbons (Fsp3) is 0.294. The molecule has 1 aliphatic heterocycles. The van der Waals surface area contributed by atoms with Crippen molar-refractivity contribution in [3.8, 4) is 17.0 Å². The van der Waals surface area contributed by atoms with Gasteiger partial charge in [0, 0.05) is 31.9 Å². The summed E-state index contributed by atoms with van der Waals surface area (Å²) in [6, 6.07) is 25.4. The number of nitrogens with zero attached hydrogens (tertiary/aromatic N) is 2. The molecule has 0 bridgehead atoms. The number of ether oxygens (including phenoxy) is 1. The van der Waals surface area contributed by atoms with E-state index in [4.69, 9.17) is 21.3 Å². The summed E-state index contributed by atoms with van der Waals surface area (Å²) in [5, 5.41) is 6.80. The monoisotopic (exact) mass is 583 g/mol. The summed E-state index contributed by atoms with van der Waals surface area (Å²) in [6.45, 7) is 2.82. The number of halogens is 1. The molecule has 7 nitrogen and oxygen atoms in total. The fourth-order valence-corrected chi connectivity index (χ4v) is 5.38. The van der Waals surface area contributed by atoms with Crippen LogP contribution < -0.4 is 19.9 Å². The van der Waals surface area contributed by atoms with Crippen LogP contribution in [0.1, 0.15) is 54.2 Å². The molecule has 5 rings (SSSR count). The molecule has 3 aromatic carbocycles. The number of amides is 1. The average Bonchev–Trinajstić information content (AvgIpc) is 3.31. The third-order valence-corrected chi connectivity index (χ3v) is 7.59. The quantitative estimate of drug-likeness (QED) is 0.148. The van der Waals surface area contributed by atoms with E-state index in [0.717, 1.165) is 59.6 Å². The van der Waals surface area contributed by atoms with E-state index < -0.39 is 6.04 Å². The van der Waals surface area contributed by atoms with Gasteiger partial charge in [0.2, 0.25) is 5.91 Å². The molecular weight excluding hydrogens is 548 g/mol. The van der Waals surface area contributed by atoms with E-state index in [1.165, 1.54) is 6.92 Å². The molecule has 2 N–H and O–H groups in total. The van der Waals surface area contributed by atoms with Gasteiger partial charge in [0.25, 0.3) is 0 Å². The van der Waals surface area contributed by atoms with Crippen LogP contribution in [-0.4, -0.2) is 36.0 Å². The first kappa shape index (κ1) is 29.3. The van der Waals surface area contributed by atoms with Crippen molar-refractivity contribution in [1.82, 2.24) is 10.3 Å². The SMILES string of the molecule is CC(=O)NCCCCCCOc1ccc(CC2Nc3c(Cc4ccccc4)nc(-c4ccccc4)c[n+]3C2=O)cc1Cl. The van der Waals surface area contributed by atoms with Crippen LogP contribution in [0.15, 0.2) is 85.1 Å². The molecule has 0 spiro atoms. The molecule has 4 aromatic rings. The second-order valence-electron chi connectivity index (χ2n) is 10.6. The molecule has 1 unspecified atom stereocenters. The van der Waals surface area contributed by atoms with Crippen LogP contribution in [0.25, 0.3) is 11.3 Å². The lowest BCUT2D eigenvalue weighted by Gasteiger charge is -2.10. The van der Waals surface area contributed by atoms with Crippen molar-refractivity contribution in [1.29, 1.82) is 0 Å². The van der Waals surface area contributed by atoms with Gasteiger partial charge in [-0.1, -0.05) is 91.2 Å². The molecule has 216 valence electrons. The predicted molar refractivity (Wildman–Crippen MR) is 165 cm³/mol. The Bertz CT molecular complexity index is 1530. The smallest absolute Gasteiger partial charge is 0.359 e. The van der Waals surface area contributed by atoms with E-state index in [2.05, 4.69) is 22.8 Å². The number of anilines is 1. The van der Waals surface area contributed by atoms with Gasteiger partial charge in [-0.25, -0.2) is 9.78 Å². The van der Waals surface area contributed by atoms with Gasteiger partial charge in [-0.05, 0) is 36.1 Å². The summed E-state index contributed by atoms with van der Waals surface area (Å²) >= 11 is 6.57. The summed E-state index contributed by atoms with van der Waals surface area (Å²) in [6.07, 6.45) is 6.86. The number of fused-ring (bicyclic) bond motifs is 1. The molecule has 0 saturated heterocycles. The van der Waals surface area contributed by atoms with E-state index in [0.29, 0.717) is 36.8 Å². The Kier molecular flexibility index (Phi) is 9.82. The Hall–Kier alpha value is -4.23. The Morgan fingerprint density at radius 1 is 0.976 bits per heavy atom. The molecule has 1 atom stereocenters. The van der Waals surface area contributed by atoms with Crippen LogP contribution in [0.2, 0.25) is 5.02 Å². The molecule has 8 heteroatoms. The number of carbonyl (C=O) groups is 2. The van der Waals surface area contributed by atoms with Crippen molar-refractivity contribution < 1.29 is 18.9 Å². The van der Waals surface area contributed by atoms with Gasteiger partial charge < -0.3 is 10.1 Å². The third kappa shape index (κ3) is 7.53. The summed E-state index contributed by atoms with van der Waals surface area (Å²) in [4.78, 5) is 29.5. The van der Waals surface area contributed by atoms with Crippen LogP contribution in [0.4, 0.5) is 5.82 Å². The van der Waals surface area contributed by atoms with Crippen molar-refractivity contribution in [2.75, 3.05) is 18.5 Å². The second-order valence-corrected chi connectivity index (χ2v) is 11.0. The number of rotatable bonds is 13. The lowest BCUT2D eigenvalue weighted by atomic mass is 10.1. The average molecular weight is 584 g/mol. The number of benzene rings is 3. The van der Waals surface area contributed by atoms with Crippen molar-refractivity contribution >= 4 is 29.2 Å². The zero-order valence-corrected chi connectivity index (χ0v) is 24.6. The van der Waals surface area contributed by atoms with Crippen LogP contribution in [0.3, 0.4) is 0 Å². The summed E-state index contributed by atoms with van der Waals surface area (Å²) in [7, 11) is 0. The third-order valence-electron chi connectivity index (χ3n) is 7.29. The largest absolute Gasteiger partial charge is 0.492 e. The molecule has 2 heterocycles. The van der Waals surface area contributed by atoms with Crippen molar-refractivity contribution in [2.45, 2.75) is 51.5 Å². The van der Waals surface area contributed by atoms with Crippen LogP contribution in [0.5, 0.6) is 5.75 Å². The molecule has 1 amide bonds. The molecular formula is C34H36ClN4O3+. The first-order valence-electron chi connectivity index (χ1n) is 14.5. The first-order chi connectivity index (χ1) is 20.5. The normalized spacial score (nSPS) is 13.9. The number of hydrogen-bond donors (Lipinski definition) is 2. The van der Waals surface area contributed by atoms with E-state index in [1.54, 1.807) is 4.57 Å². The number of carbonyl (C=O) groups excluding carboxylic acids is 2. The molecule has 0 saturated carbocycles. The minimum absolute atomic E-state index is 0.00908. The maximum atomic E-state index is 13.6. The van der Waals surface area contributed by atoms with Gasteiger partial charge in [0.15, 0.2) is 6.04 Å². The highest BCUT2D eigenvalue weighted by Crippen LogP contribution is 2.28. The maximum absolute atomic E-state index is 13.6. The van der Waals surface area contributed by atoms with Crippen molar-refractivity contribution in [2.24, 2.45) is 0 Å². The summed E-state index contributed by atoms with van der Waals surface area (Å²) in [5.74, 6) is 1.36. The lowest BCUT2D eigenvalue weighted by molar-refractivity contribution is -0.552. The topological polar surface area (TPSA) is 84.2 Å². The van der Waals surface area contributed by atoms with Crippen LogP contribution in [0, 0.1) is 0 Å². The minimum Gasteiger partial charge on any atom is -0.492 e. The summed E-state index contributed by atoms with van der Waals surface area (Å²) < 4.78 is 7.63. The summed E-state index contributed by atoms with van der Waals surface area (Å²) in [5.41, 5.74) is 4.63. The first-order valence-corrected chi connectivity index (χ1v) is 14.9. The van der Waals surface area contributed by atoms with E-state index in [9.17, 15) is 9.59 Å². The molecule has 1 aliphatic rings. The molecule has 0 radical (unpaired) electrons. The number of hydrogen-bond acceptors (Lipinski definition) is 5. The van der Waals surface area contributed by atoms with E-state index >= 15 is 0 Å². The second kappa shape index (κ2) is 14.1. The Morgan fingerprint density at radius 2 is 1.71 bits per heavy atom. The molecule has 0 aliphatic carbocycles. The van der Waals surface area contributed by atoms with Gasteiger partial charge in [-0.15, -0.1) is 0 Å². The predicted octanol–water partition coefficient (Wildman–Crippen LogP) is 6.03. The van der Waals surface area contributed by atoms with E-state index in [1.807, 2.05) is 72.9 Å². The number of nitrogens with one attached hydrogen (secondary N) is 2.